The summed E-state index contributed by atoms with van der Waals surface area (Å²) in [7, 11) is 0. The van der Waals surface area contributed by atoms with Crippen LogP contribution in [0, 0.1) is 0 Å². The number of nitrogens with one attached hydrogen (secondary N) is 2. The van der Waals surface area contributed by atoms with Crippen LogP contribution in [0.5, 0.6) is 0 Å². The Bertz CT molecular complexity index is 2080. The number of likely N-dealkylation sites (tertiary alicyclic amines) is 1. The SMILES string of the molecule is C.C.O=C(N1CCC(n2c(-c3ccccn3)nc3cccnc32)CC1)C1(F)CCNCC1.c1ccc(-c2nc3cccnc3n2C2CCNCC2)nc1. The van der Waals surface area contributed by atoms with E-state index in [9.17, 15) is 4.79 Å². The molecule has 6 aromatic rings. The van der Waals surface area contributed by atoms with Crippen molar-refractivity contribution in [1.29, 1.82) is 0 Å². The first-order chi connectivity index (χ1) is 25.1. The van der Waals surface area contributed by atoms with E-state index in [0.29, 0.717) is 32.2 Å². The lowest BCUT2D eigenvalue weighted by atomic mass is 9.91. The third kappa shape index (κ3) is 7.67. The highest BCUT2D eigenvalue weighted by Crippen LogP contribution is 2.34. The molecule has 0 radical (unpaired) electrons. The Kier molecular flexibility index (Phi) is 11.8. The van der Waals surface area contributed by atoms with Crippen molar-refractivity contribution < 1.29 is 9.18 Å². The number of fused-ring (bicyclic) bond motifs is 2. The molecule has 0 saturated carbocycles. The number of carbonyl (C=O) groups is 1. The number of rotatable bonds is 5. The van der Waals surface area contributed by atoms with E-state index in [0.717, 1.165) is 84.1 Å². The van der Waals surface area contributed by atoms with Crippen LogP contribution in [-0.2, 0) is 4.79 Å². The molecule has 0 bridgehead atoms. The van der Waals surface area contributed by atoms with E-state index in [4.69, 9.17) is 9.97 Å². The van der Waals surface area contributed by atoms with Gasteiger partial charge in [-0.25, -0.2) is 24.3 Å². The first-order valence-electron chi connectivity index (χ1n) is 18.0. The summed E-state index contributed by atoms with van der Waals surface area (Å²) in [6.07, 6.45) is 11.4. The lowest BCUT2D eigenvalue weighted by Crippen LogP contribution is -2.53. The molecule has 0 unspecified atom stereocenters. The topological polar surface area (TPSA) is 132 Å². The molecule has 3 aliphatic rings. The normalized spacial score (nSPS) is 17.7. The van der Waals surface area contributed by atoms with Crippen molar-refractivity contribution >= 4 is 28.2 Å². The minimum Gasteiger partial charge on any atom is -0.340 e. The number of hydrogen-bond donors (Lipinski definition) is 2. The Labute approximate surface area is 310 Å². The number of carbonyl (C=O) groups excluding carboxylic acids is 1. The highest BCUT2D eigenvalue weighted by molar-refractivity contribution is 5.85. The number of alkyl halides is 1. The van der Waals surface area contributed by atoms with Gasteiger partial charge in [0.15, 0.2) is 28.6 Å². The monoisotopic (exact) mass is 719 g/mol. The van der Waals surface area contributed by atoms with Crippen LogP contribution in [-0.4, -0.2) is 94.8 Å². The molecule has 0 aliphatic carbocycles. The van der Waals surface area contributed by atoms with Gasteiger partial charge in [-0.3, -0.25) is 14.8 Å². The van der Waals surface area contributed by atoms with Crippen molar-refractivity contribution in [2.45, 2.75) is 71.1 Å². The van der Waals surface area contributed by atoms with E-state index in [-0.39, 0.29) is 39.6 Å². The molecular formula is C40H50FN11O. The summed E-state index contributed by atoms with van der Waals surface area (Å²) in [5.41, 5.74) is 3.54. The third-order valence-electron chi connectivity index (χ3n) is 10.3. The minimum atomic E-state index is -1.72. The zero-order valence-electron chi connectivity index (χ0n) is 28.5. The molecule has 3 fully saturated rings. The van der Waals surface area contributed by atoms with Crippen LogP contribution in [0.2, 0.25) is 0 Å². The van der Waals surface area contributed by atoms with Crippen molar-refractivity contribution in [1.82, 2.24) is 54.6 Å². The molecule has 278 valence electrons. The third-order valence-corrected chi connectivity index (χ3v) is 10.3. The maximum absolute atomic E-state index is 15.2. The summed E-state index contributed by atoms with van der Waals surface area (Å²) in [5, 5.41) is 6.54. The van der Waals surface area contributed by atoms with Gasteiger partial charge < -0.3 is 24.7 Å². The smallest absolute Gasteiger partial charge is 0.260 e. The number of halogens is 1. The first-order valence-corrected chi connectivity index (χ1v) is 18.0. The predicted molar refractivity (Wildman–Crippen MR) is 207 cm³/mol. The van der Waals surface area contributed by atoms with Gasteiger partial charge in [-0.15, -0.1) is 0 Å². The Balaban J connectivity index is 0.000000185. The number of aromatic nitrogens is 8. The molecule has 0 spiro atoms. The van der Waals surface area contributed by atoms with Crippen molar-refractivity contribution in [2.24, 2.45) is 0 Å². The van der Waals surface area contributed by atoms with Gasteiger partial charge in [0, 0.05) is 62.8 Å². The van der Waals surface area contributed by atoms with Crippen LogP contribution in [0.1, 0.15) is 65.5 Å². The van der Waals surface area contributed by atoms with E-state index < -0.39 is 5.67 Å². The molecule has 3 aliphatic heterocycles. The van der Waals surface area contributed by atoms with Gasteiger partial charge in [0.2, 0.25) is 0 Å². The number of imidazole rings is 2. The molecular weight excluding hydrogens is 670 g/mol. The van der Waals surface area contributed by atoms with Gasteiger partial charge in [0.25, 0.3) is 5.91 Å². The van der Waals surface area contributed by atoms with E-state index in [1.54, 1.807) is 17.3 Å². The highest BCUT2D eigenvalue weighted by atomic mass is 19.1. The fourth-order valence-electron chi connectivity index (χ4n) is 7.61. The maximum Gasteiger partial charge on any atom is 0.260 e. The summed E-state index contributed by atoms with van der Waals surface area (Å²) >= 11 is 0. The zero-order chi connectivity index (χ0) is 34.6. The Morgan fingerprint density at radius 1 is 0.623 bits per heavy atom. The molecule has 6 aromatic heterocycles. The highest BCUT2D eigenvalue weighted by Gasteiger charge is 2.43. The van der Waals surface area contributed by atoms with Gasteiger partial charge in [0.05, 0.1) is 0 Å². The number of pyridine rings is 4. The number of nitrogens with zero attached hydrogens (tertiary/aromatic N) is 9. The van der Waals surface area contributed by atoms with Crippen LogP contribution >= 0.6 is 0 Å². The van der Waals surface area contributed by atoms with Gasteiger partial charge in [-0.2, -0.15) is 0 Å². The van der Waals surface area contributed by atoms with Crippen LogP contribution in [0.3, 0.4) is 0 Å². The Hall–Kier alpha value is -5.14. The quantitative estimate of drug-likeness (QED) is 0.207. The summed E-state index contributed by atoms with van der Waals surface area (Å²) in [4.78, 5) is 42.2. The van der Waals surface area contributed by atoms with Gasteiger partial charge in [0.1, 0.15) is 22.4 Å². The summed E-state index contributed by atoms with van der Waals surface area (Å²) < 4.78 is 19.6. The molecule has 9 heterocycles. The molecule has 13 heteroatoms. The van der Waals surface area contributed by atoms with Gasteiger partial charge >= 0.3 is 0 Å². The van der Waals surface area contributed by atoms with Crippen LogP contribution in [0.15, 0.2) is 85.5 Å². The number of piperidine rings is 3. The molecule has 0 atom stereocenters. The lowest BCUT2D eigenvalue weighted by Gasteiger charge is -2.38. The van der Waals surface area contributed by atoms with E-state index in [1.165, 1.54) is 0 Å². The minimum absolute atomic E-state index is 0. The largest absolute Gasteiger partial charge is 0.340 e. The van der Waals surface area contributed by atoms with Crippen molar-refractivity contribution in [2.75, 3.05) is 39.3 Å². The van der Waals surface area contributed by atoms with Crippen molar-refractivity contribution in [3.05, 3.63) is 85.5 Å². The molecule has 2 N–H and O–H groups in total. The van der Waals surface area contributed by atoms with Gasteiger partial charge in [-0.1, -0.05) is 27.0 Å². The summed E-state index contributed by atoms with van der Waals surface area (Å²) in [6.45, 7) is 4.27. The predicted octanol–water partition coefficient (Wildman–Crippen LogP) is 6.44. The van der Waals surface area contributed by atoms with Crippen molar-refractivity contribution in [3.63, 3.8) is 0 Å². The Morgan fingerprint density at radius 3 is 1.58 bits per heavy atom. The first kappa shape index (κ1) is 37.6. The van der Waals surface area contributed by atoms with Crippen LogP contribution < -0.4 is 10.6 Å². The van der Waals surface area contributed by atoms with Gasteiger partial charge in [-0.05, 0) is 100 Å². The van der Waals surface area contributed by atoms with Crippen LogP contribution in [0.4, 0.5) is 4.39 Å². The Morgan fingerprint density at radius 2 is 1.09 bits per heavy atom. The second-order valence-corrected chi connectivity index (χ2v) is 13.5. The maximum atomic E-state index is 15.2. The summed E-state index contributed by atoms with van der Waals surface area (Å²) in [6, 6.07) is 20.1. The molecule has 53 heavy (non-hydrogen) atoms. The van der Waals surface area contributed by atoms with E-state index in [2.05, 4.69) is 39.7 Å². The molecule has 12 nitrogen and oxygen atoms in total. The average Bonchev–Trinajstić information content (AvgIpc) is 3.79. The number of hydrogen-bond acceptors (Lipinski definition) is 9. The lowest BCUT2D eigenvalue weighted by molar-refractivity contribution is -0.147. The fraction of sp³-hybridized carbons (Fsp3) is 0.425. The standard InChI is InChI=1S/C22H25FN6O.C16H17N5.2CH4/c23-22(8-12-24-13-9-22)21(30)28-14-6-16(7-15-28)29-19-18(5-3-11-26-19)27-20(29)17-4-1-2-10-25-17;1-2-8-18-13(4-1)16-20-14-5-3-9-19-15(14)21(16)12-6-10-17-11-7-12;;/h1-5,10-11,16,24H,6-9,12-15H2;1-5,8-9,12,17H,6-7,10-11H2;2*1H4. The molecule has 1 amide bonds. The second kappa shape index (κ2) is 16.7. The average molecular weight is 720 g/mol. The van der Waals surface area contributed by atoms with Crippen LogP contribution in [0.25, 0.3) is 45.4 Å². The van der Waals surface area contributed by atoms with E-state index >= 15 is 4.39 Å². The zero-order valence-corrected chi connectivity index (χ0v) is 28.5. The van der Waals surface area contributed by atoms with Crippen molar-refractivity contribution in [3.8, 4) is 23.0 Å². The summed E-state index contributed by atoms with van der Waals surface area (Å²) in [5.74, 6) is 1.37. The van der Waals surface area contributed by atoms with E-state index in [1.807, 2.05) is 73.1 Å². The second-order valence-electron chi connectivity index (χ2n) is 13.5. The molecule has 9 rings (SSSR count). The molecule has 0 aromatic carbocycles. The fourth-order valence-corrected chi connectivity index (χ4v) is 7.61. The molecule has 3 saturated heterocycles. The number of amides is 1.